The van der Waals surface area contributed by atoms with E-state index in [1.807, 2.05) is 0 Å². The van der Waals surface area contributed by atoms with Crippen molar-refractivity contribution in [1.29, 1.82) is 0 Å². The molecule has 0 spiro atoms. The lowest BCUT2D eigenvalue weighted by molar-refractivity contribution is -0.153. The van der Waals surface area contributed by atoms with E-state index in [-0.39, 0.29) is 13.0 Å². The van der Waals surface area contributed by atoms with Gasteiger partial charge >= 0.3 is 11.9 Å². The fourth-order valence-electron chi connectivity index (χ4n) is 1.94. The summed E-state index contributed by atoms with van der Waals surface area (Å²) in [5, 5.41) is 30.6. The van der Waals surface area contributed by atoms with Crippen molar-refractivity contribution in [2.24, 2.45) is 5.41 Å². The molecule has 22 heavy (non-hydrogen) atoms. The maximum absolute atomic E-state index is 12.8. The minimum absolute atomic E-state index is 0.336. The SMILES string of the molecule is O=[PH2]C(O)C(CCC(=O)O)(CNc1ccc(F)cc1)C(=O)O. The van der Waals surface area contributed by atoms with Gasteiger partial charge in [-0.3, -0.25) is 9.59 Å². The van der Waals surface area contributed by atoms with Gasteiger partial charge in [0.05, 0.1) is 8.46 Å². The number of hydrogen-bond acceptors (Lipinski definition) is 5. The zero-order chi connectivity index (χ0) is 16.8. The molecule has 7 nitrogen and oxygen atoms in total. The Kier molecular flexibility index (Phi) is 6.52. The predicted octanol–water partition coefficient (Wildman–Crippen LogP) is 1.25. The number of benzene rings is 1. The molecule has 3 unspecified atom stereocenters. The number of carboxylic acids is 2. The summed E-state index contributed by atoms with van der Waals surface area (Å²) in [5.41, 5.74) is -1.50. The van der Waals surface area contributed by atoms with E-state index in [2.05, 4.69) is 5.32 Å². The Morgan fingerprint density at radius 3 is 2.32 bits per heavy atom. The number of rotatable bonds is 9. The number of halogens is 1. The molecule has 1 rings (SSSR count). The van der Waals surface area contributed by atoms with E-state index in [1.165, 1.54) is 12.1 Å². The summed E-state index contributed by atoms with van der Waals surface area (Å²) in [6.07, 6.45) is -0.879. The number of aliphatic hydroxyl groups is 1. The third kappa shape index (κ3) is 4.54. The first kappa shape index (κ1) is 18.1. The van der Waals surface area contributed by atoms with E-state index in [0.717, 1.165) is 12.1 Å². The van der Waals surface area contributed by atoms with Crippen molar-refractivity contribution in [2.75, 3.05) is 11.9 Å². The van der Waals surface area contributed by atoms with Crippen LogP contribution in [0.4, 0.5) is 10.1 Å². The van der Waals surface area contributed by atoms with E-state index < -0.39 is 43.9 Å². The minimum Gasteiger partial charge on any atom is -0.481 e. The molecule has 0 saturated heterocycles. The van der Waals surface area contributed by atoms with Gasteiger partial charge < -0.3 is 25.2 Å². The number of hydrogen-bond donors (Lipinski definition) is 4. The van der Waals surface area contributed by atoms with E-state index in [9.17, 15) is 28.8 Å². The lowest BCUT2D eigenvalue weighted by Crippen LogP contribution is -2.46. The maximum atomic E-state index is 12.8. The van der Waals surface area contributed by atoms with Crippen molar-refractivity contribution < 1.29 is 33.9 Å². The van der Waals surface area contributed by atoms with Gasteiger partial charge in [0.25, 0.3) is 0 Å². The number of carbonyl (C=O) groups is 2. The molecular formula is C13H17FNO6P. The fourth-order valence-corrected chi connectivity index (χ4v) is 2.63. The molecule has 0 aliphatic rings. The van der Waals surface area contributed by atoms with Crippen LogP contribution in [-0.4, -0.2) is 39.6 Å². The highest BCUT2D eigenvalue weighted by atomic mass is 31.1. The monoisotopic (exact) mass is 333 g/mol. The third-order valence-electron chi connectivity index (χ3n) is 3.36. The summed E-state index contributed by atoms with van der Waals surface area (Å²) in [5.74, 6) is -4.80. The van der Waals surface area contributed by atoms with E-state index in [1.54, 1.807) is 0 Å². The van der Waals surface area contributed by atoms with Crippen LogP contribution in [0.3, 0.4) is 0 Å². The van der Waals surface area contributed by atoms with E-state index in [4.69, 9.17) is 5.11 Å². The van der Waals surface area contributed by atoms with Crippen LogP contribution in [-0.2, 0) is 14.2 Å². The van der Waals surface area contributed by atoms with Crippen LogP contribution in [0.15, 0.2) is 24.3 Å². The van der Waals surface area contributed by atoms with Crippen LogP contribution in [0.5, 0.6) is 0 Å². The average molecular weight is 333 g/mol. The topological polar surface area (TPSA) is 124 Å². The number of aliphatic hydroxyl groups excluding tert-OH is 1. The first-order valence-corrected chi connectivity index (χ1v) is 7.53. The van der Waals surface area contributed by atoms with Gasteiger partial charge in [-0.2, -0.15) is 0 Å². The van der Waals surface area contributed by atoms with Gasteiger partial charge in [-0.25, -0.2) is 4.39 Å². The van der Waals surface area contributed by atoms with Gasteiger partial charge in [-0.1, -0.05) is 0 Å². The summed E-state index contributed by atoms with van der Waals surface area (Å²) in [7, 11) is -1.83. The van der Waals surface area contributed by atoms with E-state index >= 15 is 0 Å². The van der Waals surface area contributed by atoms with E-state index in [0.29, 0.717) is 5.69 Å². The molecular weight excluding hydrogens is 316 g/mol. The maximum Gasteiger partial charge on any atom is 0.314 e. The van der Waals surface area contributed by atoms with Crippen molar-refractivity contribution in [3.63, 3.8) is 0 Å². The number of anilines is 1. The highest BCUT2D eigenvalue weighted by molar-refractivity contribution is 7.24. The Morgan fingerprint density at radius 1 is 1.27 bits per heavy atom. The minimum atomic E-state index is -1.90. The summed E-state index contributed by atoms with van der Waals surface area (Å²) in [6, 6.07) is 5.07. The van der Waals surface area contributed by atoms with Crippen molar-refractivity contribution in [3.05, 3.63) is 30.1 Å². The summed E-state index contributed by atoms with van der Waals surface area (Å²) in [4.78, 5) is 22.2. The second-order valence-electron chi connectivity index (χ2n) is 4.80. The first-order valence-electron chi connectivity index (χ1n) is 6.40. The standard InChI is InChI=1S/C13H17FNO6P/c14-8-1-3-9(4-2-8)15-7-13(11(18)19,12(20)22-21)6-5-10(16)17/h1-4,12,15,20H,5-7,22H2,(H,16,17)(H,18,19). The average Bonchev–Trinajstić information content (AvgIpc) is 2.48. The lowest BCUT2D eigenvalue weighted by Gasteiger charge is -2.31. The highest BCUT2D eigenvalue weighted by Crippen LogP contribution is 2.35. The molecule has 3 atom stereocenters. The van der Waals surface area contributed by atoms with Gasteiger partial charge in [0.2, 0.25) is 0 Å². The molecule has 4 N–H and O–H groups in total. The molecule has 1 aromatic rings. The second-order valence-corrected chi connectivity index (χ2v) is 5.70. The van der Waals surface area contributed by atoms with Crippen LogP contribution in [0.25, 0.3) is 0 Å². The van der Waals surface area contributed by atoms with Crippen molar-refractivity contribution in [2.45, 2.75) is 18.7 Å². The summed E-state index contributed by atoms with van der Waals surface area (Å²) >= 11 is 0. The highest BCUT2D eigenvalue weighted by Gasteiger charge is 2.45. The van der Waals surface area contributed by atoms with Gasteiger partial charge in [0, 0.05) is 18.7 Å². The Balaban J connectivity index is 2.96. The molecule has 0 aromatic heterocycles. The number of nitrogens with one attached hydrogen (secondary N) is 1. The molecule has 0 radical (unpaired) electrons. The zero-order valence-corrected chi connectivity index (χ0v) is 12.7. The molecule has 122 valence electrons. The van der Waals surface area contributed by atoms with Crippen LogP contribution in [0, 0.1) is 11.2 Å². The predicted molar refractivity (Wildman–Crippen MR) is 78.2 cm³/mol. The molecule has 0 amide bonds. The van der Waals surface area contributed by atoms with Crippen molar-refractivity contribution >= 4 is 26.1 Å². The van der Waals surface area contributed by atoms with Crippen molar-refractivity contribution in [1.82, 2.24) is 0 Å². The van der Waals surface area contributed by atoms with Crippen LogP contribution in [0.1, 0.15) is 12.8 Å². The smallest absolute Gasteiger partial charge is 0.314 e. The van der Waals surface area contributed by atoms with Gasteiger partial charge in [-0.05, 0) is 30.7 Å². The Morgan fingerprint density at radius 2 is 1.86 bits per heavy atom. The largest absolute Gasteiger partial charge is 0.481 e. The molecule has 0 bridgehead atoms. The fraction of sp³-hybridized carbons (Fsp3) is 0.385. The lowest BCUT2D eigenvalue weighted by atomic mass is 9.83. The van der Waals surface area contributed by atoms with Gasteiger partial charge in [0.15, 0.2) is 0 Å². The van der Waals surface area contributed by atoms with Gasteiger partial charge in [-0.15, -0.1) is 0 Å². The van der Waals surface area contributed by atoms with Crippen molar-refractivity contribution in [3.8, 4) is 0 Å². The second kappa shape index (κ2) is 7.91. The first-order chi connectivity index (χ1) is 10.3. The molecule has 0 saturated carbocycles. The summed E-state index contributed by atoms with van der Waals surface area (Å²) in [6.45, 7) is -0.336. The van der Waals surface area contributed by atoms with Crippen LogP contribution < -0.4 is 5.32 Å². The van der Waals surface area contributed by atoms with Gasteiger partial charge in [0.1, 0.15) is 17.1 Å². The molecule has 1 aromatic carbocycles. The third-order valence-corrected chi connectivity index (χ3v) is 4.25. The zero-order valence-electron chi connectivity index (χ0n) is 11.5. The number of carboxylic acid groups (broad SMARTS) is 2. The molecule has 0 aliphatic carbocycles. The molecule has 0 fully saturated rings. The Hall–Kier alpha value is -1.92. The van der Waals surface area contributed by atoms with Crippen LogP contribution in [0.2, 0.25) is 0 Å². The number of aliphatic carboxylic acids is 2. The Bertz CT molecular complexity index is 552. The normalized spacial score (nSPS) is 15.4. The molecule has 0 heterocycles. The molecule has 0 aliphatic heterocycles. The summed E-state index contributed by atoms with van der Waals surface area (Å²) < 4.78 is 23.8. The van der Waals surface area contributed by atoms with Crippen LogP contribution >= 0.6 is 8.46 Å². The quantitative estimate of drug-likeness (QED) is 0.501. The Labute approximate surface area is 127 Å². The molecule has 9 heteroatoms.